The van der Waals surface area contributed by atoms with Crippen molar-refractivity contribution < 1.29 is 14.4 Å². The molecule has 0 radical (unpaired) electrons. The Balaban J connectivity index is 1.29. The molecular formula is C29H28BrN7O3. The van der Waals surface area contributed by atoms with Crippen LogP contribution < -0.4 is 5.32 Å². The van der Waals surface area contributed by atoms with E-state index in [9.17, 15) is 14.4 Å². The summed E-state index contributed by atoms with van der Waals surface area (Å²) in [6, 6.07) is 8.78. The molecule has 1 aliphatic heterocycles. The molecule has 3 atom stereocenters. The summed E-state index contributed by atoms with van der Waals surface area (Å²) in [6.45, 7) is 5.09. The lowest BCUT2D eigenvalue weighted by Gasteiger charge is -2.34. The quantitative estimate of drug-likeness (QED) is 0.255. The third-order valence-electron chi connectivity index (χ3n) is 7.93. The van der Waals surface area contributed by atoms with Crippen LogP contribution in [0.1, 0.15) is 48.1 Å². The molecule has 2 fully saturated rings. The van der Waals surface area contributed by atoms with E-state index in [1.54, 1.807) is 22.0 Å². The van der Waals surface area contributed by atoms with Crippen molar-refractivity contribution >= 4 is 50.2 Å². The molecule has 40 heavy (non-hydrogen) atoms. The third kappa shape index (κ3) is 4.68. The number of nitrogens with zero attached hydrogens (tertiary/aromatic N) is 6. The third-order valence-corrected chi connectivity index (χ3v) is 8.37. The topological polar surface area (TPSA) is 123 Å². The Morgan fingerprint density at radius 3 is 2.58 bits per heavy atom. The number of likely N-dealkylation sites (tertiary alicyclic amines) is 1. The summed E-state index contributed by atoms with van der Waals surface area (Å²) in [6.07, 6.45) is 6.06. The van der Waals surface area contributed by atoms with Crippen molar-refractivity contribution in [2.45, 2.75) is 58.7 Å². The maximum absolute atomic E-state index is 13.8. The summed E-state index contributed by atoms with van der Waals surface area (Å²) in [7, 11) is 0. The number of aromatic nitrogens is 5. The number of nitrogens with one attached hydrogen (secondary N) is 1. The van der Waals surface area contributed by atoms with Crippen LogP contribution in [0.4, 0.5) is 5.82 Å². The van der Waals surface area contributed by atoms with Crippen LogP contribution in [0, 0.1) is 19.8 Å². The normalized spacial score (nSPS) is 19.8. The minimum atomic E-state index is -0.575. The van der Waals surface area contributed by atoms with E-state index in [2.05, 4.69) is 41.3 Å². The van der Waals surface area contributed by atoms with E-state index in [1.807, 2.05) is 44.2 Å². The minimum Gasteiger partial charge on any atom is -0.326 e. The van der Waals surface area contributed by atoms with Crippen molar-refractivity contribution in [3.8, 4) is 11.1 Å². The second kappa shape index (κ2) is 10.2. The monoisotopic (exact) mass is 601 g/mol. The first kappa shape index (κ1) is 26.2. The Bertz CT molecular complexity index is 1670. The number of hydrogen-bond donors (Lipinski definition) is 1. The van der Waals surface area contributed by atoms with E-state index in [1.165, 1.54) is 6.92 Å². The van der Waals surface area contributed by atoms with E-state index in [0.29, 0.717) is 32.8 Å². The van der Waals surface area contributed by atoms with Gasteiger partial charge in [0.2, 0.25) is 11.8 Å². The van der Waals surface area contributed by atoms with E-state index >= 15 is 0 Å². The number of ketones is 1. The van der Waals surface area contributed by atoms with Crippen LogP contribution in [-0.4, -0.2) is 59.3 Å². The van der Waals surface area contributed by atoms with Crippen molar-refractivity contribution in [1.29, 1.82) is 0 Å². The maximum Gasteiger partial charge on any atom is 0.248 e. The summed E-state index contributed by atoms with van der Waals surface area (Å²) in [5.41, 5.74) is 3.49. The summed E-state index contributed by atoms with van der Waals surface area (Å²) >= 11 is 3.36. The summed E-state index contributed by atoms with van der Waals surface area (Å²) < 4.78 is 2.20. The number of hydrogen-bond acceptors (Lipinski definition) is 7. The molecule has 4 heterocycles. The molecule has 6 rings (SSSR count). The predicted molar refractivity (Wildman–Crippen MR) is 153 cm³/mol. The minimum absolute atomic E-state index is 0.00654. The Morgan fingerprint density at radius 1 is 1.05 bits per heavy atom. The molecule has 1 unspecified atom stereocenters. The van der Waals surface area contributed by atoms with Gasteiger partial charge in [0, 0.05) is 36.3 Å². The fourth-order valence-electron chi connectivity index (χ4n) is 6.00. The van der Waals surface area contributed by atoms with Crippen molar-refractivity contribution in [3.05, 3.63) is 64.4 Å². The van der Waals surface area contributed by atoms with Crippen LogP contribution in [0.15, 0.2) is 47.3 Å². The van der Waals surface area contributed by atoms with Crippen LogP contribution in [0.3, 0.4) is 0 Å². The zero-order chi connectivity index (χ0) is 28.1. The predicted octanol–water partition coefficient (Wildman–Crippen LogP) is 4.49. The van der Waals surface area contributed by atoms with Gasteiger partial charge in [-0.1, -0.05) is 12.1 Å². The SMILES string of the molecule is CC(=O)c1nn(CC(=O)N2C3CC[C@@H](C3)[C@H]2C(=O)Nc2nc(Br)ccc2C)c2ccc(-c3cnc(C)nc3)cc12. The molecule has 1 N–H and O–H groups in total. The van der Waals surface area contributed by atoms with Crippen LogP contribution in [0.5, 0.6) is 0 Å². The standard InChI is InChI=1S/C29H28BrN7O3/c1-15-4-9-24(30)33-28(15)34-29(40)27-19-5-7-21(10-19)37(27)25(39)14-36-23-8-6-18(20-12-31-17(3)32-13-20)11-22(23)26(35-36)16(2)38/h4,6,8-9,11-13,19,21,27H,5,7,10,14H2,1-3H3,(H,33,34,40)/t19-,21?,27-/m0/s1. The summed E-state index contributed by atoms with van der Waals surface area (Å²) in [5.74, 6) is 0.640. The number of Topliss-reactive ketones (excluding diaryl/α,β-unsaturated/α-hetero) is 1. The molecule has 204 valence electrons. The summed E-state index contributed by atoms with van der Waals surface area (Å²) in [4.78, 5) is 54.5. The molecule has 2 amide bonds. The highest BCUT2D eigenvalue weighted by atomic mass is 79.9. The Morgan fingerprint density at radius 2 is 1.82 bits per heavy atom. The second-order valence-electron chi connectivity index (χ2n) is 10.6. The lowest BCUT2D eigenvalue weighted by molar-refractivity contribution is -0.141. The van der Waals surface area contributed by atoms with Gasteiger partial charge in [-0.05, 0) is 84.3 Å². The first-order valence-electron chi connectivity index (χ1n) is 13.3. The Labute approximate surface area is 239 Å². The molecular weight excluding hydrogens is 574 g/mol. The number of pyridine rings is 1. The zero-order valence-corrected chi connectivity index (χ0v) is 24.0. The second-order valence-corrected chi connectivity index (χ2v) is 11.4. The number of anilines is 1. The zero-order valence-electron chi connectivity index (χ0n) is 22.4. The van der Waals surface area contributed by atoms with Gasteiger partial charge in [0.1, 0.15) is 34.5 Å². The molecule has 3 aromatic heterocycles. The molecule has 2 aliphatic rings. The number of rotatable bonds is 6. The van der Waals surface area contributed by atoms with Gasteiger partial charge in [0.25, 0.3) is 0 Å². The highest BCUT2D eigenvalue weighted by Crippen LogP contribution is 2.43. The first-order chi connectivity index (χ1) is 19.2. The number of halogens is 1. The van der Waals surface area contributed by atoms with Gasteiger partial charge in [-0.3, -0.25) is 19.1 Å². The van der Waals surface area contributed by atoms with Gasteiger partial charge in [-0.15, -0.1) is 0 Å². The number of carbonyl (C=O) groups excluding carboxylic acids is 3. The van der Waals surface area contributed by atoms with Crippen LogP contribution in [-0.2, 0) is 16.1 Å². The highest BCUT2D eigenvalue weighted by Gasteiger charge is 2.51. The van der Waals surface area contributed by atoms with Gasteiger partial charge in [-0.2, -0.15) is 5.10 Å². The van der Waals surface area contributed by atoms with Crippen LogP contribution in [0.25, 0.3) is 22.0 Å². The molecule has 10 nitrogen and oxygen atoms in total. The molecule has 1 saturated heterocycles. The van der Waals surface area contributed by atoms with E-state index in [4.69, 9.17) is 0 Å². The van der Waals surface area contributed by atoms with Crippen LogP contribution >= 0.6 is 15.9 Å². The fourth-order valence-corrected chi connectivity index (χ4v) is 6.31. The molecule has 11 heteroatoms. The Hall–Kier alpha value is -3.99. The smallest absolute Gasteiger partial charge is 0.248 e. The van der Waals surface area contributed by atoms with Gasteiger partial charge in [-0.25, -0.2) is 15.0 Å². The van der Waals surface area contributed by atoms with Gasteiger partial charge < -0.3 is 10.2 Å². The van der Waals surface area contributed by atoms with E-state index in [0.717, 1.165) is 36.0 Å². The number of benzene rings is 1. The lowest BCUT2D eigenvalue weighted by atomic mass is 9.97. The molecule has 1 aliphatic carbocycles. The molecule has 1 aromatic carbocycles. The van der Waals surface area contributed by atoms with Gasteiger partial charge in [0.15, 0.2) is 5.78 Å². The lowest BCUT2D eigenvalue weighted by Crippen LogP contribution is -2.52. The number of amides is 2. The van der Waals surface area contributed by atoms with Crippen molar-refractivity contribution in [2.75, 3.05) is 5.32 Å². The summed E-state index contributed by atoms with van der Waals surface area (Å²) in [5, 5.41) is 8.15. The van der Waals surface area contributed by atoms with Crippen molar-refractivity contribution in [2.24, 2.45) is 5.92 Å². The average molecular weight is 602 g/mol. The van der Waals surface area contributed by atoms with Crippen molar-refractivity contribution in [1.82, 2.24) is 29.6 Å². The highest BCUT2D eigenvalue weighted by molar-refractivity contribution is 9.10. The van der Waals surface area contributed by atoms with Gasteiger partial charge in [0.05, 0.1) is 5.52 Å². The molecule has 0 spiro atoms. The van der Waals surface area contributed by atoms with E-state index < -0.39 is 6.04 Å². The van der Waals surface area contributed by atoms with Gasteiger partial charge >= 0.3 is 0 Å². The molecule has 4 aromatic rings. The van der Waals surface area contributed by atoms with Crippen molar-refractivity contribution in [3.63, 3.8) is 0 Å². The largest absolute Gasteiger partial charge is 0.326 e. The average Bonchev–Trinajstić information content (AvgIpc) is 3.64. The molecule has 1 saturated carbocycles. The molecule has 2 bridgehead atoms. The number of carbonyl (C=O) groups is 3. The number of piperidine rings is 1. The number of fused-ring (bicyclic) bond motifs is 3. The maximum atomic E-state index is 13.8. The fraction of sp³-hybridized carbons (Fsp3) is 0.345. The van der Waals surface area contributed by atoms with E-state index in [-0.39, 0.29) is 36.1 Å². The first-order valence-corrected chi connectivity index (χ1v) is 14.0. The van der Waals surface area contributed by atoms with Crippen LogP contribution in [0.2, 0.25) is 0 Å². The number of aryl methyl sites for hydroxylation is 2. The Kier molecular flexibility index (Phi) is 6.69.